The fraction of sp³-hybridized carbons (Fsp3) is 0.538. The van der Waals surface area contributed by atoms with Crippen LogP contribution in [-0.2, 0) is 11.2 Å². The second-order valence-electron chi connectivity index (χ2n) is 8.92. The molecule has 1 atom stereocenters. The zero-order chi connectivity index (χ0) is 24.6. The Hall–Kier alpha value is -2.78. The molecule has 0 unspecified atom stereocenters. The molecule has 8 nitrogen and oxygen atoms in total. The van der Waals surface area contributed by atoms with Crippen LogP contribution in [0.15, 0.2) is 35.7 Å². The van der Waals surface area contributed by atoms with Crippen LogP contribution in [0, 0.1) is 0 Å². The lowest BCUT2D eigenvalue weighted by Crippen LogP contribution is -2.51. The van der Waals surface area contributed by atoms with Crippen molar-refractivity contribution in [3.8, 4) is 11.5 Å². The predicted octanol–water partition coefficient (Wildman–Crippen LogP) is 3.39. The van der Waals surface area contributed by atoms with E-state index in [4.69, 9.17) is 9.47 Å². The van der Waals surface area contributed by atoms with Crippen LogP contribution in [0.4, 0.5) is 4.79 Å². The molecule has 1 N–H and O–H groups in total. The molecular formula is C26H36N4O4S. The summed E-state index contributed by atoms with van der Waals surface area (Å²) in [4.78, 5) is 33.6. The third kappa shape index (κ3) is 6.27. The van der Waals surface area contributed by atoms with Crippen molar-refractivity contribution in [3.05, 3.63) is 46.2 Å². The second kappa shape index (κ2) is 12.3. The van der Waals surface area contributed by atoms with E-state index in [9.17, 15) is 9.59 Å². The van der Waals surface area contributed by atoms with Gasteiger partial charge in [0.2, 0.25) is 5.91 Å². The van der Waals surface area contributed by atoms with Crippen LogP contribution in [0.5, 0.6) is 11.5 Å². The maximum absolute atomic E-state index is 13.6. The number of likely N-dealkylation sites (tertiary alicyclic amines) is 1. The summed E-state index contributed by atoms with van der Waals surface area (Å²) in [6.07, 6.45) is 3.22. The van der Waals surface area contributed by atoms with Crippen molar-refractivity contribution in [1.29, 1.82) is 0 Å². The van der Waals surface area contributed by atoms with Crippen molar-refractivity contribution < 1.29 is 19.1 Å². The monoisotopic (exact) mass is 500 g/mol. The van der Waals surface area contributed by atoms with Gasteiger partial charge in [-0.2, -0.15) is 0 Å². The number of rotatable bonds is 10. The molecule has 1 aromatic carbocycles. The third-order valence-corrected chi connectivity index (χ3v) is 7.70. The molecular weight excluding hydrogens is 464 g/mol. The van der Waals surface area contributed by atoms with Crippen molar-refractivity contribution in [2.24, 2.45) is 0 Å². The number of thiophene rings is 1. The van der Waals surface area contributed by atoms with Crippen LogP contribution in [0.2, 0.25) is 0 Å². The Morgan fingerprint density at radius 2 is 1.91 bits per heavy atom. The normalized spacial score (nSPS) is 17.7. The van der Waals surface area contributed by atoms with Gasteiger partial charge < -0.3 is 29.5 Å². The van der Waals surface area contributed by atoms with Gasteiger partial charge in [-0.05, 0) is 68.4 Å². The molecule has 1 saturated heterocycles. The number of carbonyl (C=O) groups is 2. The molecule has 0 radical (unpaired) electrons. The van der Waals surface area contributed by atoms with Crippen molar-refractivity contribution in [2.75, 3.05) is 59.5 Å². The summed E-state index contributed by atoms with van der Waals surface area (Å²) in [6.45, 7) is 6.88. The maximum Gasteiger partial charge on any atom is 0.317 e. The van der Waals surface area contributed by atoms with Crippen LogP contribution in [0.1, 0.15) is 36.2 Å². The van der Waals surface area contributed by atoms with Gasteiger partial charge in [-0.1, -0.05) is 12.1 Å². The molecule has 1 aromatic heterocycles. The third-order valence-electron chi connectivity index (χ3n) is 6.71. The van der Waals surface area contributed by atoms with Gasteiger partial charge in [0.15, 0.2) is 11.5 Å². The molecule has 2 aliphatic rings. The highest BCUT2D eigenvalue weighted by Gasteiger charge is 2.33. The minimum atomic E-state index is -0.211. The standard InChI is InChI=1S/C26H36N4O4S/c1-3-27-26(32)29(16-15-28-12-6-7-13-28)18-25(31)30-14-10-24-20(11-17-35-24)21(30)19-34-23-9-5-4-8-22(23)33-2/h4-5,8-9,11,17,21H,3,6-7,10,12-16,18-19H2,1-2H3,(H,27,32)/t21-/m1/s1. The van der Waals surface area contributed by atoms with Gasteiger partial charge in [0.05, 0.1) is 13.2 Å². The summed E-state index contributed by atoms with van der Waals surface area (Å²) >= 11 is 1.72. The molecule has 3 amide bonds. The molecule has 0 aliphatic carbocycles. The molecule has 35 heavy (non-hydrogen) atoms. The first-order valence-electron chi connectivity index (χ1n) is 12.5. The highest BCUT2D eigenvalue weighted by Crippen LogP contribution is 2.35. The minimum absolute atomic E-state index is 0.0526. The molecule has 190 valence electrons. The fourth-order valence-electron chi connectivity index (χ4n) is 4.82. The number of fused-ring (bicyclic) bond motifs is 1. The largest absolute Gasteiger partial charge is 0.493 e. The van der Waals surface area contributed by atoms with E-state index in [2.05, 4.69) is 21.7 Å². The Bertz CT molecular complexity index is 991. The second-order valence-corrected chi connectivity index (χ2v) is 9.92. The number of hydrogen-bond donors (Lipinski definition) is 1. The smallest absolute Gasteiger partial charge is 0.317 e. The van der Waals surface area contributed by atoms with E-state index in [0.29, 0.717) is 37.7 Å². The molecule has 1 fully saturated rings. The van der Waals surface area contributed by atoms with Gasteiger partial charge in [-0.25, -0.2) is 4.79 Å². The van der Waals surface area contributed by atoms with E-state index in [1.165, 1.54) is 17.7 Å². The summed E-state index contributed by atoms with van der Waals surface area (Å²) < 4.78 is 11.6. The lowest BCUT2D eigenvalue weighted by Gasteiger charge is -2.37. The number of urea groups is 1. The Morgan fingerprint density at radius 1 is 1.14 bits per heavy atom. The van der Waals surface area contributed by atoms with E-state index in [1.807, 2.05) is 36.1 Å². The minimum Gasteiger partial charge on any atom is -0.493 e. The van der Waals surface area contributed by atoms with E-state index in [0.717, 1.165) is 31.6 Å². The van der Waals surface area contributed by atoms with Gasteiger partial charge >= 0.3 is 6.03 Å². The Balaban J connectivity index is 1.47. The van der Waals surface area contributed by atoms with Gasteiger partial charge in [0.25, 0.3) is 0 Å². The number of ether oxygens (including phenoxy) is 2. The summed E-state index contributed by atoms with van der Waals surface area (Å²) in [6, 6.07) is 9.23. The number of nitrogens with one attached hydrogen (secondary N) is 1. The highest BCUT2D eigenvalue weighted by molar-refractivity contribution is 7.10. The number of hydrogen-bond acceptors (Lipinski definition) is 6. The van der Waals surface area contributed by atoms with Crippen LogP contribution >= 0.6 is 11.3 Å². The van der Waals surface area contributed by atoms with Crippen molar-refractivity contribution in [3.63, 3.8) is 0 Å². The molecule has 3 heterocycles. The van der Waals surface area contributed by atoms with Crippen LogP contribution in [0.25, 0.3) is 0 Å². The predicted molar refractivity (Wildman–Crippen MR) is 137 cm³/mol. The number of benzene rings is 1. The van der Waals surface area contributed by atoms with Gasteiger partial charge in [0.1, 0.15) is 13.2 Å². The number of nitrogens with zero attached hydrogens (tertiary/aromatic N) is 3. The van der Waals surface area contributed by atoms with E-state index >= 15 is 0 Å². The first-order chi connectivity index (χ1) is 17.1. The molecule has 0 saturated carbocycles. The zero-order valence-corrected chi connectivity index (χ0v) is 21.5. The number of carbonyl (C=O) groups excluding carboxylic acids is 2. The number of para-hydroxylation sites is 2. The molecule has 4 rings (SSSR count). The van der Waals surface area contributed by atoms with E-state index in [1.54, 1.807) is 23.3 Å². The Kier molecular flexibility index (Phi) is 8.87. The Labute approximate surface area is 211 Å². The van der Waals surface area contributed by atoms with Crippen LogP contribution in [0.3, 0.4) is 0 Å². The van der Waals surface area contributed by atoms with Crippen LogP contribution < -0.4 is 14.8 Å². The Morgan fingerprint density at radius 3 is 2.66 bits per heavy atom. The summed E-state index contributed by atoms with van der Waals surface area (Å²) in [5, 5.41) is 4.95. The summed E-state index contributed by atoms with van der Waals surface area (Å²) in [5.41, 5.74) is 1.13. The van der Waals surface area contributed by atoms with Crippen LogP contribution in [-0.4, -0.2) is 86.2 Å². The molecule has 2 aliphatic heterocycles. The zero-order valence-electron chi connectivity index (χ0n) is 20.7. The van der Waals surface area contributed by atoms with Gasteiger partial charge in [0, 0.05) is 31.1 Å². The van der Waals surface area contributed by atoms with Crippen molar-refractivity contribution in [2.45, 2.75) is 32.2 Å². The average molecular weight is 501 g/mol. The summed E-state index contributed by atoms with van der Waals surface area (Å²) in [7, 11) is 1.62. The van der Waals surface area contributed by atoms with E-state index in [-0.39, 0.29) is 24.5 Å². The first kappa shape index (κ1) is 25.3. The quantitative estimate of drug-likeness (QED) is 0.541. The maximum atomic E-state index is 13.6. The highest BCUT2D eigenvalue weighted by atomic mass is 32.1. The molecule has 2 aromatic rings. The topological polar surface area (TPSA) is 74.4 Å². The first-order valence-corrected chi connectivity index (χ1v) is 13.3. The molecule has 9 heteroatoms. The van der Waals surface area contributed by atoms with Gasteiger partial charge in [-0.15, -0.1) is 11.3 Å². The number of amides is 3. The summed E-state index contributed by atoms with van der Waals surface area (Å²) in [5.74, 6) is 1.26. The lowest BCUT2D eigenvalue weighted by atomic mass is 10.0. The van der Waals surface area contributed by atoms with E-state index < -0.39 is 0 Å². The lowest BCUT2D eigenvalue weighted by molar-refractivity contribution is -0.135. The van der Waals surface area contributed by atoms with Gasteiger partial charge in [-0.3, -0.25) is 4.79 Å². The SMILES string of the molecule is CCNC(=O)N(CCN1CCCC1)CC(=O)N1CCc2sccc2[C@H]1COc1ccccc1OC. The fourth-order valence-corrected chi connectivity index (χ4v) is 5.75. The average Bonchev–Trinajstić information content (AvgIpc) is 3.57. The molecule has 0 bridgehead atoms. The van der Waals surface area contributed by atoms with Crippen molar-refractivity contribution in [1.82, 2.24) is 20.0 Å². The van der Waals surface area contributed by atoms with Crippen molar-refractivity contribution >= 4 is 23.3 Å². The number of methoxy groups -OCH3 is 1. The molecule has 0 spiro atoms.